The maximum Gasteiger partial charge on any atom is 0.284 e. The molecule has 0 unspecified atom stereocenters. The fourth-order valence-electron chi connectivity index (χ4n) is 3.15. The number of pyridine rings is 1. The van der Waals surface area contributed by atoms with Gasteiger partial charge in [-0.15, -0.1) is 0 Å². The zero-order valence-corrected chi connectivity index (χ0v) is 15.0. The van der Waals surface area contributed by atoms with Gasteiger partial charge in [-0.05, 0) is 42.3 Å². The summed E-state index contributed by atoms with van der Waals surface area (Å²) in [6.45, 7) is 0. The number of hydrogen-bond acceptors (Lipinski definition) is 4. The van der Waals surface area contributed by atoms with E-state index in [0.29, 0.717) is 24.2 Å². The fourth-order valence-corrected chi connectivity index (χ4v) is 3.15. The van der Waals surface area contributed by atoms with E-state index in [1.807, 2.05) is 30.3 Å². The first-order valence-corrected chi connectivity index (χ1v) is 8.91. The van der Waals surface area contributed by atoms with Crippen molar-refractivity contribution in [1.29, 1.82) is 0 Å². The van der Waals surface area contributed by atoms with Crippen molar-refractivity contribution in [3.8, 4) is 0 Å². The van der Waals surface area contributed by atoms with Gasteiger partial charge in [0, 0.05) is 18.3 Å². The highest BCUT2D eigenvalue weighted by Gasteiger charge is 2.37. The van der Waals surface area contributed by atoms with Crippen molar-refractivity contribution >= 4 is 29.1 Å². The Morgan fingerprint density at radius 1 is 0.929 bits per heavy atom. The standard InChI is InChI=1S/C22H17N3O3/c26-19(12-11-15-6-2-1-3-7-15)24-16-8-4-9-17(14-16)25-21(27)18-10-5-13-23-20(18)22(25)28/h1-10,13-14H,11-12H2,(H,24,26). The maximum atomic E-state index is 12.6. The second kappa shape index (κ2) is 7.44. The summed E-state index contributed by atoms with van der Waals surface area (Å²) in [5.41, 5.74) is 2.44. The SMILES string of the molecule is O=C(CCc1ccccc1)Nc1cccc(N2C(=O)c3cccnc3C2=O)c1. The van der Waals surface area contributed by atoms with Crippen LogP contribution in [0.4, 0.5) is 11.4 Å². The second-order valence-corrected chi connectivity index (χ2v) is 6.43. The average Bonchev–Trinajstić information content (AvgIpc) is 2.98. The first-order valence-electron chi connectivity index (χ1n) is 8.91. The molecular formula is C22H17N3O3. The monoisotopic (exact) mass is 371 g/mol. The Labute approximate surface area is 161 Å². The van der Waals surface area contributed by atoms with Gasteiger partial charge < -0.3 is 5.32 Å². The molecule has 1 N–H and O–H groups in total. The zero-order chi connectivity index (χ0) is 19.5. The molecular weight excluding hydrogens is 354 g/mol. The molecule has 0 bridgehead atoms. The molecule has 4 rings (SSSR count). The Hall–Kier alpha value is -3.80. The van der Waals surface area contributed by atoms with Gasteiger partial charge in [-0.3, -0.25) is 19.4 Å². The molecule has 0 spiro atoms. The van der Waals surface area contributed by atoms with Crippen molar-refractivity contribution in [2.75, 3.05) is 10.2 Å². The molecule has 1 aliphatic heterocycles. The van der Waals surface area contributed by atoms with Crippen molar-refractivity contribution in [3.63, 3.8) is 0 Å². The third-order valence-corrected chi connectivity index (χ3v) is 4.52. The van der Waals surface area contributed by atoms with E-state index in [2.05, 4.69) is 10.3 Å². The highest BCUT2D eigenvalue weighted by atomic mass is 16.2. The van der Waals surface area contributed by atoms with Crippen LogP contribution in [0.5, 0.6) is 0 Å². The smallest absolute Gasteiger partial charge is 0.284 e. The lowest BCUT2D eigenvalue weighted by molar-refractivity contribution is -0.116. The molecule has 3 amide bonds. The Morgan fingerprint density at radius 3 is 2.54 bits per heavy atom. The van der Waals surface area contributed by atoms with E-state index < -0.39 is 11.8 Å². The number of hydrogen-bond donors (Lipinski definition) is 1. The molecule has 6 nitrogen and oxygen atoms in total. The van der Waals surface area contributed by atoms with E-state index in [9.17, 15) is 14.4 Å². The molecule has 1 aliphatic rings. The number of fused-ring (bicyclic) bond motifs is 1. The lowest BCUT2D eigenvalue weighted by Gasteiger charge is -2.15. The van der Waals surface area contributed by atoms with Gasteiger partial charge in [0.1, 0.15) is 5.69 Å². The first-order chi connectivity index (χ1) is 13.6. The summed E-state index contributed by atoms with van der Waals surface area (Å²) in [6, 6.07) is 19.6. The minimum atomic E-state index is -0.465. The van der Waals surface area contributed by atoms with E-state index in [4.69, 9.17) is 0 Å². The van der Waals surface area contributed by atoms with Crippen molar-refractivity contribution in [2.45, 2.75) is 12.8 Å². The van der Waals surface area contributed by atoms with Gasteiger partial charge in [0.25, 0.3) is 11.8 Å². The van der Waals surface area contributed by atoms with E-state index >= 15 is 0 Å². The van der Waals surface area contributed by atoms with Crippen molar-refractivity contribution in [2.24, 2.45) is 0 Å². The summed E-state index contributed by atoms with van der Waals surface area (Å²) < 4.78 is 0. The first kappa shape index (κ1) is 17.6. The number of benzene rings is 2. The predicted molar refractivity (Wildman–Crippen MR) is 105 cm³/mol. The van der Waals surface area contributed by atoms with Crippen LogP contribution in [0, 0.1) is 0 Å². The third-order valence-electron chi connectivity index (χ3n) is 4.52. The van der Waals surface area contributed by atoms with E-state index in [1.165, 1.54) is 6.20 Å². The third kappa shape index (κ3) is 3.40. The van der Waals surface area contributed by atoms with Gasteiger partial charge in [-0.2, -0.15) is 0 Å². The van der Waals surface area contributed by atoms with E-state index in [1.54, 1.807) is 36.4 Å². The molecule has 2 heterocycles. The highest BCUT2D eigenvalue weighted by molar-refractivity contribution is 6.33. The Kier molecular flexibility index (Phi) is 4.68. The molecule has 6 heteroatoms. The van der Waals surface area contributed by atoms with Crippen molar-refractivity contribution in [3.05, 3.63) is 89.7 Å². The Bertz CT molecular complexity index is 1030. The van der Waals surface area contributed by atoms with E-state index in [-0.39, 0.29) is 17.2 Å². The number of aromatic nitrogens is 1. The van der Waals surface area contributed by atoms with Crippen LogP contribution >= 0.6 is 0 Å². The van der Waals surface area contributed by atoms with Gasteiger partial charge in [0.05, 0.1) is 11.3 Å². The Morgan fingerprint density at radius 2 is 1.75 bits per heavy atom. The summed E-state index contributed by atoms with van der Waals surface area (Å²) >= 11 is 0. The topological polar surface area (TPSA) is 79.4 Å². The second-order valence-electron chi connectivity index (χ2n) is 6.43. The number of anilines is 2. The molecule has 0 saturated heterocycles. The molecule has 3 aromatic rings. The number of carbonyl (C=O) groups excluding carboxylic acids is 3. The minimum Gasteiger partial charge on any atom is -0.326 e. The van der Waals surface area contributed by atoms with Gasteiger partial charge >= 0.3 is 0 Å². The quantitative estimate of drug-likeness (QED) is 0.697. The summed E-state index contributed by atoms with van der Waals surface area (Å²) in [5.74, 6) is -1.01. The Balaban J connectivity index is 1.47. The number of rotatable bonds is 5. The van der Waals surface area contributed by atoms with Crippen molar-refractivity contribution in [1.82, 2.24) is 4.98 Å². The highest BCUT2D eigenvalue weighted by Crippen LogP contribution is 2.28. The maximum absolute atomic E-state index is 12.6. The number of amides is 3. The molecule has 0 aliphatic carbocycles. The van der Waals surface area contributed by atoms with Gasteiger partial charge in [-0.25, -0.2) is 4.90 Å². The molecule has 1 aromatic heterocycles. The van der Waals surface area contributed by atoms with Gasteiger partial charge in [0.2, 0.25) is 5.91 Å². The number of nitrogens with zero attached hydrogens (tertiary/aromatic N) is 2. The molecule has 2 aromatic carbocycles. The largest absolute Gasteiger partial charge is 0.326 e. The van der Waals surface area contributed by atoms with Crippen LogP contribution in [0.1, 0.15) is 32.8 Å². The number of imide groups is 1. The molecule has 0 saturated carbocycles. The normalized spacial score (nSPS) is 12.8. The summed E-state index contributed by atoms with van der Waals surface area (Å²) in [4.78, 5) is 42.5. The average molecular weight is 371 g/mol. The molecule has 0 fully saturated rings. The fraction of sp³-hybridized carbons (Fsp3) is 0.0909. The summed E-state index contributed by atoms with van der Waals surface area (Å²) in [5, 5.41) is 2.82. The van der Waals surface area contributed by atoms with Crippen LogP contribution < -0.4 is 10.2 Å². The molecule has 28 heavy (non-hydrogen) atoms. The van der Waals surface area contributed by atoms with Crippen LogP contribution in [-0.4, -0.2) is 22.7 Å². The molecule has 0 radical (unpaired) electrons. The van der Waals surface area contributed by atoms with Gasteiger partial charge in [-0.1, -0.05) is 36.4 Å². The van der Waals surface area contributed by atoms with Gasteiger partial charge in [0.15, 0.2) is 0 Å². The lowest BCUT2D eigenvalue weighted by Crippen LogP contribution is -2.29. The molecule has 138 valence electrons. The van der Waals surface area contributed by atoms with Crippen LogP contribution in [-0.2, 0) is 11.2 Å². The predicted octanol–water partition coefficient (Wildman–Crippen LogP) is 3.45. The van der Waals surface area contributed by atoms with Crippen LogP contribution in [0.15, 0.2) is 72.9 Å². The zero-order valence-electron chi connectivity index (χ0n) is 15.0. The van der Waals surface area contributed by atoms with Crippen LogP contribution in [0.3, 0.4) is 0 Å². The van der Waals surface area contributed by atoms with Crippen LogP contribution in [0.2, 0.25) is 0 Å². The van der Waals surface area contributed by atoms with E-state index in [0.717, 1.165) is 10.5 Å². The summed E-state index contributed by atoms with van der Waals surface area (Å²) in [7, 11) is 0. The number of nitrogens with one attached hydrogen (secondary N) is 1. The summed E-state index contributed by atoms with van der Waals surface area (Å²) in [6.07, 6.45) is 2.46. The number of carbonyl (C=O) groups is 3. The minimum absolute atomic E-state index is 0.134. The molecule has 0 atom stereocenters. The van der Waals surface area contributed by atoms with Crippen molar-refractivity contribution < 1.29 is 14.4 Å². The van der Waals surface area contributed by atoms with Crippen LogP contribution in [0.25, 0.3) is 0 Å². The lowest BCUT2D eigenvalue weighted by atomic mass is 10.1. The number of aryl methyl sites for hydroxylation is 1.